The van der Waals surface area contributed by atoms with Crippen LogP contribution in [0.25, 0.3) is 0 Å². The van der Waals surface area contributed by atoms with E-state index in [1.54, 1.807) is 0 Å². The predicted molar refractivity (Wildman–Crippen MR) is 77.2 cm³/mol. The maximum atomic E-state index is 10.2. The van der Waals surface area contributed by atoms with Crippen LogP contribution in [-0.2, 0) is 28.2 Å². The summed E-state index contributed by atoms with van der Waals surface area (Å²) < 4.78 is 0. The van der Waals surface area contributed by atoms with Crippen LogP contribution in [0, 0.1) is 5.92 Å². The second kappa shape index (κ2) is 5.14. The number of benzene rings is 1. The van der Waals surface area contributed by atoms with Gasteiger partial charge in [0.2, 0.25) is 0 Å². The van der Waals surface area contributed by atoms with Gasteiger partial charge in [-0.05, 0) is 55.7 Å². The Kier molecular flexibility index (Phi) is 3.61. The molecule has 4 atom stereocenters. The van der Waals surface area contributed by atoms with Crippen LogP contribution in [0.4, 0.5) is 0 Å². The van der Waals surface area contributed by atoms with Crippen molar-refractivity contribution in [2.45, 2.75) is 64.3 Å². The van der Waals surface area contributed by atoms with Crippen molar-refractivity contribution in [3.63, 3.8) is 0 Å². The first-order valence-electron chi connectivity index (χ1n) is 7.69. The fraction of sp³-hybridized carbons (Fsp3) is 0.647. The Morgan fingerprint density at radius 1 is 1.30 bits per heavy atom. The summed E-state index contributed by atoms with van der Waals surface area (Å²) in [6, 6.07) is 6.52. The Morgan fingerprint density at radius 2 is 2.10 bits per heavy atom. The van der Waals surface area contributed by atoms with Crippen molar-refractivity contribution in [1.29, 1.82) is 0 Å². The average molecular weight is 276 g/mol. The molecule has 20 heavy (non-hydrogen) atoms. The maximum Gasteiger partial charge on any atom is 0.154 e. The molecule has 1 aliphatic carbocycles. The van der Waals surface area contributed by atoms with Crippen LogP contribution in [0.5, 0.6) is 0 Å². The van der Waals surface area contributed by atoms with Gasteiger partial charge < -0.3 is 5.11 Å². The van der Waals surface area contributed by atoms with Crippen molar-refractivity contribution in [3.8, 4) is 0 Å². The fourth-order valence-corrected chi connectivity index (χ4v) is 3.37. The number of hydrogen-bond donors (Lipinski definition) is 1. The zero-order valence-corrected chi connectivity index (χ0v) is 12.6. The molecule has 0 saturated carbocycles. The number of rotatable bonds is 3. The van der Waals surface area contributed by atoms with Gasteiger partial charge >= 0.3 is 0 Å². The van der Waals surface area contributed by atoms with E-state index in [-0.39, 0.29) is 17.8 Å². The van der Waals surface area contributed by atoms with Crippen molar-refractivity contribution in [2.75, 3.05) is 0 Å². The Balaban J connectivity index is 1.88. The molecule has 1 heterocycles. The summed E-state index contributed by atoms with van der Waals surface area (Å²) in [5.41, 5.74) is 3.51. The van der Waals surface area contributed by atoms with Crippen LogP contribution in [0.2, 0.25) is 0 Å². The Morgan fingerprint density at radius 3 is 2.70 bits per heavy atom. The van der Waals surface area contributed by atoms with Gasteiger partial charge in [-0.2, -0.15) is 0 Å². The monoisotopic (exact) mass is 276 g/mol. The van der Waals surface area contributed by atoms with E-state index >= 15 is 0 Å². The van der Waals surface area contributed by atoms with E-state index < -0.39 is 0 Å². The second-order valence-corrected chi connectivity index (χ2v) is 6.44. The molecule has 3 rings (SSSR count). The lowest BCUT2D eigenvalue weighted by Crippen LogP contribution is -2.49. The van der Waals surface area contributed by atoms with Gasteiger partial charge in [-0.1, -0.05) is 31.5 Å². The lowest BCUT2D eigenvalue weighted by molar-refractivity contribution is -0.509. The topological polar surface area (TPSA) is 38.7 Å². The van der Waals surface area contributed by atoms with Crippen LogP contribution in [-0.4, -0.2) is 17.3 Å². The van der Waals surface area contributed by atoms with Crippen LogP contribution >= 0.6 is 0 Å². The van der Waals surface area contributed by atoms with Gasteiger partial charge in [-0.3, -0.25) is 0 Å². The van der Waals surface area contributed by atoms with Crippen LogP contribution in [0.15, 0.2) is 18.2 Å². The average Bonchev–Trinajstić information content (AvgIpc) is 2.45. The molecule has 3 nitrogen and oxygen atoms in total. The van der Waals surface area contributed by atoms with Crippen molar-refractivity contribution >= 4 is 0 Å². The Bertz CT molecular complexity index is 499. The molecule has 1 N–H and O–H groups in total. The fourth-order valence-electron chi connectivity index (χ4n) is 3.37. The van der Waals surface area contributed by atoms with Gasteiger partial charge in [-0.25, -0.2) is 9.78 Å². The highest BCUT2D eigenvalue weighted by Gasteiger charge is 2.46. The molecule has 1 fully saturated rings. The molecule has 0 aromatic heterocycles. The highest BCUT2D eigenvalue weighted by molar-refractivity contribution is 5.38. The smallest absolute Gasteiger partial charge is 0.154 e. The molecule has 1 saturated heterocycles. The molecule has 1 aromatic carbocycles. The van der Waals surface area contributed by atoms with Crippen LogP contribution in [0.1, 0.15) is 50.3 Å². The number of aliphatic hydroxyl groups excluding tert-OH is 1. The highest BCUT2D eigenvalue weighted by Crippen LogP contribution is 2.41. The first-order chi connectivity index (χ1) is 9.54. The van der Waals surface area contributed by atoms with Gasteiger partial charge in [0.05, 0.1) is 6.10 Å². The summed E-state index contributed by atoms with van der Waals surface area (Å²) >= 11 is 0. The SMILES string of the molecule is CCCC1Cc2cc(C3(C)OOC3C)ccc2CC1O. The second-order valence-electron chi connectivity index (χ2n) is 6.44. The third-order valence-corrected chi connectivity index (χ3v) is 5.04. The maximum absolute atomic E-state index is 10.2. The van der Waals surface area contributed by atoms with Crippen molar-refractivity contribution < 1.29 is 14.9 Å². The first-order valence-corrected chi connectivity index (χ1v) is 7.69. The van der Waals surface area contributed by atoms with E-state index in [0.717, 1.165) is 25.7 Å². The van der Waals surface area contributed by atoms with Crippen molar-refractivity contribution in [3.05, 3.63) is 34.9 Å². The molecule has 0 bridgehead atoms. The molecule has 110 valence electrons. The summed E-state index contributed by atoms with van der Waals surface area (Å²) in [6.07, 6.45) is 3.88. The van der Waals surface area contributed by atoms with E-state index in [1.165, 1.54) is 16.7 Å². The van der Waals surface area contributed by atoms with E-state index in [4.69, 9.17) is 9.78 Å². The zero-order valence-electron chi connectivity index (χ0n) is 12.6. The lowest BCUT2D eigenvalue weighted by Gasteiger charge is -2.43. The zero-order chi connectivity index (χ0) is 14.3. The molecule has 0 spiro atoms. The summed E-state index contributed by atoms with van der Waals surface area (Å²) in [6.45, 7) is 6.29. The molecule has 1 aliphatic heterocycles. The van der Waals surface area contributed by atoms with Crippen LogP contribution in [0.3, 0.4) is 0 Å². The molecule has 0 radical (unpaired) electrons. The van der Waals surface area contributed by atoms with E-state index in [9.17, 15) is 5.11 Å². The molecular weight excluding hydrogens is 252 g/mol. The summed E-state index contributed by atoms with van der Waals surface area (Å²) in [5, 5.41) is 10.2. The van der Waals surface area contributed by atoms with E-state index in [1.807, 2.05) is 6.92 Å². The quantitative estimate of drug-likeness (QED) is 0.862. The summed E-state index contributed by atoms with van der Waals surface area (Å²) in [5.74, 6) is 0.395. The molecule has 4 unspecified atom stereocenters. The molecule has 3 heteroatoms. The minimum atomic E-state index is -0.328. The molecule has 2 aliphatic rings. The first kappa shape index (κ1) is 14.1. The van der Waals surface area contributed by atoms with Gasteiger partial charge in [0.1, 0.15) is 6.10 Å². The molecule has 1 aromatic rings. The van der Waals surface area contributed by atoms with Gasteiger partial charge in [0, 0.05) is 0 Å². The van der Waals surface area contributed by atoms with Gasteiger partial charge in [-0.15, -0.1) is 0 Å². The van der Waals surface area contributed by atoms with E-state index in [2.05, 4.69) is 32.0 Å². The Hall–Kier alpha value is -0.900. The predicted octanol–water partition coefficient (Wildman–Crippen LogP) is 3.13. The number of aliphatic hydroxyl groups is 1. The molecular formula is C17H24O3. The number of fused-ring (bicyclic) bond motifs is 1. The third kappa shape index (κ3) is 2.18. The Labute approximate surface area is 120 Å². The van der Waals surface area contributed by atoms with E-state index in [0.29, 0.717) is 5.92 Å². The minimum Gasteiger partial charge on any atom is -0.392 e. The number of hydrogen-bond acceptors (Lipinski definition) is 3. The highest BCUT2D eigenvalue weighted by atomic mass is 17.3. The van der Waals surface area contributed by atoms with Crippen LogP contribution < -0.4 is 0 Å². The summed E-state index contributed by atoms with van der Waals surface area (Å²) in [4.78, 5) is 10.4. The van der Waals surface area contributed by atoms with Gasteiger partial charge in [0.15, 0.2) is 5.60 Å². The lowest BCUT2D eigenvalue weighted by atomic mass is 9.77. The largest absolute Gasteiger partial charge is 0.392 e. The minimum absolute atomic E-state index is 0.0844. The standard InChI is InChI=1S/C17H24O3/c1-4-5-13-8-14-9-15(17(3)11(2)19-20-17)7-6-12(14)10-16(13)18/h6-7,9,11,13,16,18H,4-5,8,10H2,1-3H3. The van der Waals surface area contributed by atoms with Crippen molar-refractivity contribution in [2.24, 2.45) is 5.92 Å². The van der Waals surface area contributed by atoms with Gasteiger partial charge in [0.25, 0.3) is 0 Å². The normalized spacial score (nSPS) is 36.3. The van der Waals surface area contributed by atoms with Crippen molar-refractivity contribution in [1.82, 2.24) is 0 Å². The summed E-state index contributed by atoms with van der Waals surface area (Å²) in [7, 11) is 0. The third-order valence-electron chi connectivity index (χ3n) is 5.04. The molecule has 0 amide bonds.